The van der Waals surface area contributed by atoms with Crippen molar-refractivity contribution in [1.82, 2.24) is 4.90 Å². The maximum absolute atomic E-state index is 12.0. The Hall–Kier alpha value is -1.31. The summed E-state index contributed by atoms with van der Waals surface area (Å²) >= 11 is 11.9. The number of halogens is 2. The predicted molar refractivity (Wildman–Crippen MR) is 89.8 cm³/mol. The van der Waals surface area contributed by atoms with Crippen molar-refractivity contribution in [3.8, 4) is 0 Å². The summed E-state index contributed by atoms with van der Waals surface area (Å²) in [5, 5.41) is 4.43. The Balaban J connectivity index is 1.85. The van der Waals surface area contributed by atoms with Gasteiger partial charge in [0.2, 0.25) is 0 Å². The fourth-order valence-electron chi connectivity index (χ4n) is 2.19. The Morgan fingerprint density at radius 1 is 1.48 bits per heavy atom. The van der Waals surface area contributed by atoms with Crippen LogP contribution in [0.25, 0.3) is 0 Å². The van der Waals surface area contributed by atoms with Crippen molar-refractivity contribution in [3.05, 3.63) is 33.8 Å². The van der Waals surface area contributed by atoms with Gasteiger partial charge in [0, 0.05) is 18.7 Å². The molecule has 2 rings (SSSR count). The largest absolute Gasteiger partial charge is 0.386 e. The summed E-state index contributed by atoms with van der Waals surface area (Å²) in [7, 11) is -1.47. The predicted octanol–water partition coefficient (Wildman–Crippen LogP) is 1.99. The van der Waals surface area contributed by atoms with Gasteiger partial charge in [-0.15, -0.1) is 0 Å². The molecular formula is C14H16Cl2N2O4S. The molecule has 6 nitrogen and oxygen atoms in total. The number of hydrogen-bond acceptors (Lipinski definition) is 5. The van der Waals surface area contributed by atoms with Crippen LogP contribution in [0.1, 0.15) is 12.0 Å². The van der Waals surface area contributed by atoms with Crippen LogP contribution >= 0.6 is 23.2 Å². The van der Waals surface area contributed by atoms with Gasteiger partial charge < -0.3 is 9.74 Å². The molecule has 0 saturated carbocycles. The molecule has 0 aliphatic carbocycles. The van der Waals surface area contributed by atoms with Gasteiger partial charge in [-0.1, -0.05) is 40.5 Å². The van der Waals surface area contributed by atoms with Gasteiger partial charge in [0.15, 0.2) is 16.4 Å². The number of amides is 1. The summed E-state index contributed by atoms with van der Waals surface area (Å²) in [6.45, 7) is -0.276. The van der Waals surface area contributed by atoms with Crippen LogP contribution in [0.5, 0.6) is 0 Å². The van der Waals surface area contributed by atoms with E-state index in [2.05, 4.69) is 5.16 Å². The van der Waals surface area contributed by atoms with Crippen molar-refractivity contribution >= 4 is 45.2 Å². The lowest BCUT2D eigenvalue weighted by Crippen LogP contribution is -2.39. The van der Waals surface area contributed by atoms with Gasteiger partial charge in [0.1, 0.15) is 0 Å². The monoisotopic (exact) mass is 378 g/mol. The van der Waals surface area contributed by atoms with Crippen LogP contribution in [0, 0.1) is 0 Å². The van der Waals surface area contributed by atoms with Gasteiger partial charge in [0.05, 0.1) is 27.8 Å². The van der Waals surface area contributed by atoms with Gasteiger partial charge in [0.25, 0.3) is 5.91 Å². The zero-order valence-electron chi connectivity index (χ0n) is 12.4. The summed E-state index contributed by atoms with van der Waals surface area (Å²) in [6.07, 6.45) is 1.81. The Kier molecular flexibility index (Phi) is 5.89. The third-order valence-corrected chi connectivity index (χ3v) is 6.17. The van der Waals surface area contributed by atoms with Crippen LogP contribution in [0.3, 0.4) is 0 Å². The molecule has 1 aromatic rings. The second-order valence-corrected chi connectivity index (χ2v) is 8.23. The minimum atomic E-state index is -3.04. The summed E-state index contributed by atoms with van der Waals surface area (Å²) in [5.41, 5.74) is 0.571. The van der Waals surface area contributed by atoms with Crippen LogP contribution in [0.15, 0.2) is 23.4 Å². The van der Waals surface area contributed by atoms with Gasteiger partial charge in [-0.3, -0.25) is 4.79 Å². The average Bonchev–Trinajstić information content (AvgIpc) is 2.86. The maximum atomic E-state index is 12.0. The van der Waals surface area contributed by atoms with Crippen LogP contribution in [0.2, 0.25) is 10.0 Å². The SMILES string of the molecule is CN(C(=O)CO/N=C\c1cccc(Cl)c1Cl)[C@H]1CCS(=O)(=O)C1. The Morgan fingerprint density at radius 2 is 2.22 bits per heavy atom. The molecule has 1 saturated heterocycles. The highest BCUT2D eigenvalue weighted by Crippen LogP contribution is 2.24. The van der Waals surface area contributed by atoms with Crippen LogP contribution in [-0.2, 0) is 19.5 Å². The van der Waals surface area contributed by atoms with E-state index in [1.807, 2.05) is 0 Å². The molecule has 1 amide bonds. The maximum Gasteiger partial charge on any atom is 0.263 e. The minimum Gasteiger partial charge on any atom is -0.386 e. The Bertz CT molecular complexity index is 721. The standard InChI is InChI=1S/C14H16Cl2N2O4S/c1-18(11-5-6-23(20,21)9-11)13(19)8-22-17-7-10-3-2-4-12(15)14(10)16/h2-4,7,11H,5-6,8-9H2,1H3/b17-7-/t11-/m0/s1. The molecule has 0 N–H and O–H groups in total. The molecule has 1 heterocycles. The molecule has 1 aliphatic rings. The minimum absolute atomic E-state index is 0.00334. The number of carbonyl (C=O) groups is 1. The molecule has 0 radical (unpaired) electrons. The topological polar surface area (TPSA) is 76.0 Å². The van der Waals surface area contributed by atoms with Gasteiger partial charge in [-0.25, -0.2) is 8.42 Å². The zero-order chi connectivity index (χ0) is 17.0. The zero-order valence-corrected chi connectivity index (χ0v) is 14.7. The Morgan fingerprint density at radius 3 is 2.87 bits per heavy atom. The molecule has 0 spiro atoms. The first-order chi connectivity index (χ1) is 10.8. The van der Waals surface area contributed by atoms with E-state index in [-0.39, 0.29) is 30.1 Å². The summed E-state index contributed by atoms with van der Waals surface area (Å²) in [6, 6.07) is 4.77. The van der Waals surface area contributed by atoms with Crippen molar-refractivity contribution in [2.75, 3.05) is 25.2 Å². The molecule has 0 bridgehead atoms. The number of hydrogen-bond donors (Lipinski definition) is 0. The van der Waals surface area contributed by atoms with Crippen molar-refractivity contribution < 1.29 is 18.0 Å². The number of rotatable bonds is 5. The summed E-state index contributed by atoms with van der Waals surface area (Å²) < 4.78 is 22.9. The van der Waals surface area contributed by atoms with Gasteiger partial charge >= 0.3 is 0 Å². The van der Waals surface area contributed by atoms with Crippen LogP contribution < -0.4 is 0 Å². The molecule has 1 aromatic carbocycles. The molecule has 0 unspecified atom stereocenters. The number of nitrogens with zero attached hydrogens (tertiary/aromatic N) is 2. The number of sulfone groups is 1. The highest BCUT2D eigenvalue weighted by Gasteiger charge is 2.32. The smallest absolute Gasteiger partial charge is 0.263 e. The quantitative estimate of drug-likeness (QED) is 0.579. The average molecular weight is 379 g/mol. The van der Waals surface area contributed by atoms with E-state index in [0.717, 1.165) is 0 Å². The van der Waals surface area contributed by atoms with Gasteiger partial charge in [-0.2, -0.15) is 0 Å². The van der Waals surface area contributed by atoms with Crippen molar-refractivity contribution in [2.45, 2.75) is 12.5 Å². The molecular weight excluding hydrogens is 363 g/mol. The van der Waals surface area contributed by atoms with Gasteiger partial charge in [-0.05, 0) is 12.5 Å². The summed E-state index contributed by atoms with van der Waals surface area (Å²) in [5.74, 6) is -0.223. The second-order valence-electron chi connectivity index (χ2n) is 5.21. The lowest BCUT2D eigenvalue weighted by molar-refractivity contribution is -0.136. The van der Waals surface area contributed by atoms with Crippen molar-refractivity contribution in [2.24, 2.45) is 5.16 Å². The fraction of sp³-hybridized carbons (Fsp3) is 0.429. The molecule has 1 atom stereocenters. The molecule has 1 aliphatic heterocycles. The van der Waals surface area contributed by atoms with E-state index >= 15 is 0 Å². The lowest BCUT2D eigenvalue weighted by atomic mass is 10.2. The number of oxime groups is 1. The molecule has 9 heteroatoms. The normalized spacial score (nSPS) is 19.9. The Labute approximate surface area is 144 Å². The highest BCUT2D eigenvalue weighted by atomic mass is 35.5. The van der Waals surface area contributed by atoms with E-state index < -0.39 is 9.84 Å². The van der Waals surface area contributed by atoms with E-state index in [9.17, 15) is 13.2 Å². The van der Waals surface area contributed by atoms with E-state index in [4.69, 9.17) is 28.0 Å². The van der Waals surface area contributed by atoms with E-state index in [1.54, 1.807) is 25.2 Å². The first-order valence-corrected chi connectivity index (χ1v) is 9.43. The third kappa shape index (κ3) is 4.83. The van der Waals surface area contributed by atoms with Crippen molar-refractivity contribution in [1.29, 1.82) is 0 Å². The van der Waals surface area contributed by atoms with E-state index in [1.165, 1.54) is 11.1 Å². The lowest BCUT2D eigenvalue weighted by Gasteiger charge is -2.22. The molecule has 126 valence electrons. The van der Waals surface area contributed by atoms with Crippen LogP contribution in [-0.4, -0.2) is 56.6 Å². The third-order valence-electron chi connectivity index (χ3n) is 3.59. The summed E-state index contributed by atoms with van der Waals surface area (Å²) in [4.78, 5) is 18.3. The number of carbonyl (C=O) groups excluding carboxylic acids is 1. The number of benzene rings is 1. The first-order valence-electron chi connectivity index (χ1n) is 6.85. The number of likely N-dealkylation sites (N-methyl/N-ethyl adjacent to an activating group) is 1. The second kappa shape index (κ2) is 7.51. The molecule has 1 fully saturated rings. The fourth-order valence-corrected chi connectivity index (χ4v) is 4.32. The highest BCUT2D eigenvalue weighted by molar-refractivity contribution is 7.91. The van der Waals surface area contributed by atoms with Crippen molar-refractivity contribution in [3.63, 3.8) is 0 Å². The first kappa shape index (κ1) is 18.0. The molecule has 23 heavy (non-hydrogen) atoms. The van der Waals surface area contributed by atoms with Crippen LogP contribution in [0.4, 0.5) is 0 Å². The molecule has 0 aromatic heterocycles. The van der Waals surface area contributed by atoms with E-state index in [0.29, 0.717) is 22.0 Å².